The monoisotopic (exact) mass is 569 g/mol. The number of nitrogens with zero attached hydrogens (tertiary/aromatic N) is 1. The van der Waals surface area contributed by atoms with Crippen molar-refractivity contribution in [1.29, 1.82) is 0 Å². The van der Waals surface area contributed by atoms with Gasteiger partial charge in [0.05, 0.1) is 54.2 Å². The Bertz CT molecular complexity index is 1540. The highest BCUT2D eigenvalue weighted by molar-refractivity contribution is 6.36. The van der Waals surface area contributed by atoms with Gasteiger partial charge in [-0.25, -0.2) is 0 Å². The quantitative estimate of drug-likeness (QED) is 0.236. The number of para-hydroxylation sites is 1. The fraction of sp³-hybridized carbons (Fsp3) is 0.276. The molecule has 5 rings (SSSR count). The zero-order valence-electron chi connectivity index (χ0n) is 21.6. The molecule has 2 heterocycles. The van der Waals surface area contributed by atoms with Crippen LogP contribution in [0.4, 0.5) is 0 Å². The Kier molecular flexibility index (Phi) is 7.99. The molecule has 11 heteroatoms. The summed E-state index contributed by atoms with van der Waals surface area (Å²) in [4.78, 5) is 13.8. The van der Waals surface area contributed by atoms with E-state index in [1.807, 2.05) is 0 Å². The maximum Gasteiger partial charge on any atom is 0.229 e. The molecule has 0 radical (unpaired) electrons. The Morgan fingerprint density at radius 1 is 0.925 bits per heavy atom. The molecule has 1 saturated heterocycles. The molecule has 10 nitrogen and oxygen atoms in total. The molecule has 0 spiro atoms. The van der Waals surface area contributed by atoms with Crippen LogP contribution in [0.25, 0.3) is 16.6 Å². The molecule has 1 aliphatic heterocycles. The molecule has 5 atom stereocenters. The highest BCUT2D eigenvalue weighted by atomic mass is 35.5. The molecular formula is C29H28ClNO9. The van der Waals surface area contributed by atoms with Crippen LogP contribution in [-0.2, 0) is 4.74 Å². The predicted molar refractivity (Wildman–Crippen MR) is 146 cm³/mol. The summed E-state index contributed by atoms with van der Waals surface area (Å²) in [7, 11) is 3.00. The van der Waals surface area contributed by atoms with Gasteiger partial charge < -0.3 is 43.9 Å². The number of carbonyl (C=O) groups excluding carboxylic acids is 1. The molecule has 0 unspecified atom stereocenters. The van der Waals surface area contributed by atoms with Crippen LogP contribution in [0.15, 0.2) is 66.9 Å². The number of ketones is 1. The highest BCUT2D eigenvalue weighted by Gasteiger charge is 2.45. The van der Waals surface area contributed by atoms with E-state index in [2.05, 4.69) is 0 Å². The first-order chi connectivity index (χ1) is 19.3. The smallest absolute Gasteiger partial charge is 0.229 e. The van der Waals surface area contributed by atoms with Crippen LogP contribution in [0.1, 0.15) is 15.9 Å². The Morgan fingerprint density at radius 2 is 1.70 bits per heavy atom. The van der Waals surface area contributed by atoms with Gasteiger partial charge in [0.2, 0.25) is 6.29 Å². The number of hydrogen-bond acceptors (Lipinski definition) is 9. The van der Waals surface area contributed by atoms with Crippen LogP contribution < -0.4 is 14.2 Å². The first kappa shape index (κ1) is 27.9. The zero-order chi connectivity index (χ0) is 28.6. The van der Waals surface area contributed by atoms with E-state index in [9.17, 15) is 25.2 Å². The van der Waals surface area contributed by atoms with E-state index in [4.69, 9.17) is 30.5 Å². The van der Waals surface area contributed by atoms with Gasteiger partial charge in [-0.1, -0.05) is 29.8 Å². The van der Waals surface area contributed by atoms with Gasteiger partial charge >= 0.3 is 0 Å². The van der Waals surface area contributed by atoms with E-state index in [0.717, 1.165) is 0 Å². The molecule has 4 aromatic rings. The number of aromatic nitrogens is 1. The third kappa shape index (κ3) is 4.90. The summed E-state index contributed by atoms with van der Waals surface area (Å²) >= 11 is 6.57. The molecule has 4 N–H and O–H groups in total. The van der Waals surface area contributed by atoms with Crippen molar-refractivity contribution >= 4 is 28.3 Å². The van der Waals surface area contributed by atoms with E-state index in [1.165, 1.54) is 14.2 Å². The molecule has 0 saturated carbocycles. The van der Waals surface area contributed by atoms with Gasteiger partial charge in [-0.3, -0.25) is 4.79 Å². The Hall–Kier alpha value is -3.64. The molecule has 1 aliphatic rings. The van der Waals surface area contributed by atoms with Gasteiger partial charge in [-0.05, 0) is 36.4 Å². The summed E-state index contributed by atoms with van der Waals surface area (Å²) < 4.78 is 24.0. The lowest BCUT2D eigenvalue weighted by molar-refractivity contribution is -0.277. The largest absolute Gasteiger partial charge is 0.497 e. The number of halogens is 1. The average molecular weight is 570 g/mol. The zero-order valence-corrected chi connectivity index (χ0v) is 22.4. The van der Waals surface area contributed by atoms with E-state index in [-0.39, 0.29) is 11.5 Å². The van der Waals surface area contributed by atoms with Gasteiger partial charge in [0.1, 0.15) is 41.7 Å². The van der Waals surface area contributed by atoms with Crippen molar-refractivity contribution in [2.75, 3.05) is 20.8 Å². The van der Waals surface area contributed by atoms with Crippen LogP contribution >= 0.6 is 11.6 Å². The average Bonchev–Trinajstić information content (AvgIpc) is 3.35. The van der Waals surface area contributed by atoms with Gasteiger partial charge in [0, 0.05) is 11.6 Å². The number of ether oxygens (including phenoxy) is 4. The van der Waals surface area contributed by atoms with Crippen molar-refractivity contribution in [2.45, 2.75) is 30.7 Å². The van der Waals surface area contributed by atoms with Crippen molar-refractivity contribution in [3.8, 4) is 22.9 Å². The van der Waals surface area contributed by atoms with Gasteiger partial charge in [-0.15, -0.1) is 0 Å². The highest BCUT2D eigenvalue weighted by Crippen LogP contribution is 2.39. The minimum Gasteiger partial charge on any atom is -0.497 e. The lowest BCUT2D eigenvalue weighted by Gasteiger charge is -2.39. The van der Waals surface area contributed by atoms with Crippen LogP contribution in [0.3, 0.4) is 0 Å². The first-order valence-corrected chi connectivity index (χ1v) is 12.8. The summed E-state index contributed by atoms with van der Waals surface area (Å²) in [5.74, 6) is 0.790. The van der Waals surface area contributed by atoms with Crippen molar-refractivity contribution in [2.24, 2.45) is 0 Å². The fourth-order valence-corrected chi connectivity index (χ4v) is 5.06. The normalized spacial score (nSPS) is 22.7. The maximum atomic E-state index is 13.8. The first-order valence-electron chi connectivity index (χ1n) is 12.4. The molecule has 3 aromatic carbocycles. The van der Waals surface area contributed by atoms with Gasteiger partial charge in [0.25, 0.3) is 0 Å². The second-order valence-corrected chi connectivity index (χ2v) is 9.63. The van der Waals surface area contributed by atoms with Gasteiger partial charge in [0.15, 0.2) is 5.78 Å². The third-order valence-electron chi connectivity index (χ3n) is 6.90. The van der Waals surface area contributed by atoms with E-state index >= 15 is 0 Å². The fourth-order valence-electron chi connectivity index (χ4n) is 4.79. The minimum atomic E-state index is -1.62. The predicted octanol–water partition coefficient (Wildman–Crippen LogP) is 2.71. The summed E-state index contributed by atoms with van der Waals surface area (Å²) in [6.45, 7) is -0.600. The van der Waals surface area contributed by atoms with Crippen molar-refractivity contribution < 1.29 is 44.2 Å². The van der Waals surface area contributed by atoms with Crippen LogP contribution in [-0.4, -0.2) is 82.3 Å². The summed E-state index contributed by atoms with van der Waals surface area (Å²) in [5, 5.41) is 41.2. The number of carbonyl (C=O) groups is 1. The van der Waals surface area contributed by atoms with Crippen molar-refractivity contribution in [3.63, 3.8) is 0 Å². The third-order valence-corrected chi connectivity index (χ3v) is 7.21. The van der Waals surface area contributed by atoms with Crippen molar-refractivity contribution in [1.82, 2.24) is 4.57 Å². The minimum absolute atomic E-state index is 0.189. The second kappa shape index (κ2) is 11.5. The number of methoxy groups -OCH3 is 2. The standard InChI is InChI=1S/C29H28ClNO9/c1-37-15-10-11-17(21(12-15)38-2)25(33)16-6-3-4-8-19(16)31-13-22(24-18(30)7-5-9-20(24)31)39-29-28(36)27(35)26(34)23(14-32)40-29/h3-13,23,26-29,32,34-36H,14H2,1-2H3/t23-,26+,27+,28-,29-/m0/s1. The molecule has 40 heavy (non-hydrogen) atoms. The van der Waals surface area contributed by atoms with Crippen LogP contribution in [0.5, 0.6) is 17.2 Å². The molecule has 1 aromatic heterocycles. The summed E-state index contributed by atoms with van der Waals surface area (Å²) in [6.07, 6.45) is -5.74. The second-order valence-electron chi connectivity index (χ2n) is 9.22. The lowest BCUT2D eigenvalue weighted by Crippen LogP contribution is -2.60. The molecule has 0 amide bonds. The van der Waals surface area contributed by atoms with E-state index < -0.39 is 37.3 Å². The summed E-state index contributed by atoms with van der Waals surface area (Å²) in [5.41, 5.74) is 1.81. The molecule has 1 fully saturated rings. The van der Waals surface area contributed by atoms with Gasteiger partial charge in [-0.2, -0.15) is 0 Å². The number of benzene rings is 3. The number of aliphatic hydroxyl groups is 4. The Balaban J connectivity index is 1.60. The van der Waals surface area contributed by atoms with Crippen LogP contribution in [0, 0.1) is 0 Å². The van der Waals surface area contributed by atoms with Crippen LogP contribution in [0.2, 0.25) is 5.02 Å². The van der Waals surface area contributed by atoms with E-state index in [0.29, 0.717) is 44.2 Å². The molecule has 0 bridgehead atoms. The van der Waals surface area contributed by atoms with Crippen molar-refractivity contribution in [3.05, 3.63) is 83.0 Å². The number of rotatable bonds is 8. The number of aliphatic hydroxyl groups excluding tert-OH is 4. The maximum absolute atomic E-state index is 13.8. The molecular weight excluding hydrogens is 542 g/mol. The van der Waals surface area contributed by atoms with E-state index in [1.54, 1.807) is 71.4 Å². The number of fused-ring (bicyclic) bond motifs is 1. The number of hydrogen-bond donors (Lipinski definition) is 4. The SMILES string of the molecule is COc1ccc(C(=O)c2ccccc2-n2cc(O[C@H]3O[C@@H](CO)[C@@H](O)[C@@H](O)[C@@H]3O)c3c(Cl)cccc32)c(OC)c1. The Labute approximate surface area is 234 Å². The topological polar surface area (TPSA) is 140 Å². The summed E-state index contributed by atoms with van der Waals surface area (Å²) in [6, 6.07) is 17.1. The molecule has 0 aliphatic carbocycles. The Morgan fingerprint density at radius 3 is 2.42 bits per heavy atom. The molecule has 210 valence electrons. The lowest BCUT2D eigenvalue weighted by atomic mass is 9.99.